The molecule has 1 saturated heterocycles. The third-order valence-electron chi connectivity index (χ3n) is 6.59. The number of carbonyl (C=O) groups is 2. The molecule has 37 heavy (non-hydrogen) atoms. The van der Waals surface area contributed by atoms with E-state index in [1.165, 1.54) is 35.2 Å². The number of amides is 2. The molecule has 2 atom stereocenters. The summed E-state index contributed by atoms with van der Waals surface area (Å²) in [6.45, 7) is 8.06. The summed E-state index contributed by atoms with van der Waals surface area (Å²) in [6.07, 6.45) is -0.764. The minimum absolute atomic E-state index is 0.126. The van der Waals surface area contributed by atoms with E-state index in [4.69, 9.17) is 0 Å². The smallest absolute Gasteiger partial charge is 0.355 e. The Morgan fingerprint density at radius 3 is 2.43 bits per heavy atom. The molecule has 5 nitrogen and oxygen atoms in total. The van der Waals surface area contributed by atoms with Gasteiger partial charge in [0, 0.05) is 24.5 Å². The van der Waals surface area contributed by atoms with Gasteiger partial charge in [0.2, 0.25) is 5.91 Å². The first-order valence-corrected chi connectivity index (χ1v) is 13.4. The van der Waals surface area contributed by atoms with Crippen LogP contribution in [0.25, 0.3) is 6.08 Å². The second kappa shape index (κ2) is 11.7. The number of halogens is 3. The lowest BCUT2D eigenvalue weighted by atomic mass is 9.92. The molecule has 0 saturated carbocycles. The molecule has 1 fully saturated rings. The topological polar surface area (TPSA) is 52.7 Å². The van der Waals surface area contributed by atoms with Gasteiger partial charge in [-0.15, -0.1) is 0 Å². The van der Waals surface area contributed by atoms with Crippen LogP contribution in [-0.4, -0.2) is 49.4 Å². The Morgan fingerprint density at radius 1 is 1.08 bits per heavy atom. The first-order valence-electron chi connectivity index (χ1n) is 12.6. The quantitative estimate of drug-likeness (QED) is 0.370. The molecule has 0 bridgehead atoms. The van der Waals surface area contributed by atoms with Gasteiger partial charge in [-0.25, -0.2) is 0 Å². The number of anilines is 1. The van der Waals surface area contributed by atoms with Crippen LogP contribution < -0.4 is 10.2 Å². The SMILES string of the molecule is CC1CC(C)CN(CCCNC(=O)CN2C(=O)/C(=C/c3ccc(C(F)(F)F)cc3)Sc3ccccc32)C1. The van der Waals surface area contributed by atoms with Crippen molar-refractivity contribution in [1.29, 1.82) is 0 Å². The number of nitrogens with one attached hydrogen (secondary N) is 1. The summed E-state index contributed by atoms with van der Waals surface area (Å²) in [7, 11) is 0. The maximum atomic E-state index is 13.3. The molecule has 4 rings (SSSR count). The van der Waals surface area contributed by atoms with E-state index in [-0.39, 0.29) is 18.4 Å². The average molecular weight is 532 g/mol. The Hall–Kier alpha value is -2.78. The van der Waals surface area contributed by atoms with Gasteiger partial charge in [0.25, 0.3) is 5.91 Å². The maximum Gasteiger partial charge on any atom is 0.416 e. The van der Waals surface area contributed by atoms with Crippen LogP contribution in [0.3, 0.4) is 0 Å². The molecular formula is C28H32F3N3O2S. The summed E-state index contributed by atoms with van der Waals surface area (Å²) in [5.41, 5.74) is 0.382. The summed E-state index contributed by atoms with van der Waals surface area (Å²) in [5, 5.41) is 2.94. The molecule has 2 unspecified atom stereocenters. The number of hydrogen-bond donors (Lipinski definition) is 1. The van der Waals surface area contributed by atoms with Gasteiger partial charge in [-0.05, 0) is 67.1 Å². The van der Waals surface area contributed by atoms with Gasteiger partial charge in [-0.1, -0.05) is 49.9 Å². The highest BCUT2D eigenvalue weighted by Crippen LogP contribution is 2.42. The Balaban J connectivity index is 1.39. The molecule has 2 aromatic rings. The Bertz CT molecular complexity index is 1140. The number of likely N-dealkylation sites (tertiary alicyclic amines) is 1. The van der Waals surface area contributed by atoms with Crippen LogP contribution in [0.4, 0.5) is 18.9 Å². The highest BCUT2D eigenvalue weighted by molar-refractivity contribution is 8.04. The van der Waals surface area contributed by atoms with E-state index in [9.17, 15) is 22.8 Å². The number of benzene rings is 2. The van der Waals surface area contributed by atoms with Gasteiger partial charge in [-0.2, -0.15) is 13.2 Å². The molecule has 0 spiro atoms. The maximum absolute atomic E-state index is 13.3. The van der Waals surface area contributed by atoms with Crippen LogP contribution in [0.1, 0.15) is 37.8 Å². The van der Waals surface area contributed by atoms with Crippen molar-refractivity contribution in [2.45, 2.75) is 37.8 Å². The van der Waals surface area contributed by atoms with Crippen molar-refractivity contribution in [2.75, 3.05) is 37.6 Å². The predicted octanol–water partition coefficient (Wildman–Crippen LogP) is 5.67. The van der Waals surface area contributed by atoms with Crippen molar-refractivity contribution < 1.29 is 22.8 Å². The number of carbonyl (C=O) groups excluding carboxylic acids is 2. The minimum atomic E-state index is -4.42. The molecule has 0 aromatic heterocycles. The third-order valence-corrected chi connectivity index (χ3v) is 7.66. The van der Waals surface area contributed by atoms with E-state index >= 15 is 0 Å². The van der Waals surface area contributed by atoms with Crippen molar-refractivity contribution in [2.24, 2.45) is 11.8 Å². The molecule has 198 valence electrons. The van der Waals surface area contributed by atoms with Crippen LogP contribution in [0.2, 0.25) is 0 Å². The average Bonchev–Trinajstić information content (AvgIpc) is 2.83. The number of rotatable bonds is 7. The van der Waals surface area contributed by atoms with Gasteiger partial charge in [-0.3, -0.25) is 14.5 Å². The fourth-order valence-electron chi connectivity index (χ4n) is 5.04. The zero-order valence-electron chi connectivity index (χ0n) is 21.1. The van der Waals surface area contributed by atoms with E-state index in [0.29, 0.717) is 34.5 Å². The highest BCUT2D eigenvalue weighted by Gasteiger charge is 2.32. The van der Waals surface area contributed by atoms with E-state index in [1.807, 2.05) is 18.2 Å². The first-order chi connectivity index (χ1) is 17.6. The van der Waals surface area contributed by atoms with Crippen molar-refractivity contribution in [1.82, 2.24) is 10.2 Å². The summed E-state index contributed by atoms with van der Waals surface area (Å²) in [4.78, 5) is 31.1. The summed E-state index contributed by atoms with van der Waals surface area (Å²) < 4.78 is 38.7. The van der Waals surface area contributed by atoms with Crippen LogP contribution in [0.5, 0.6) is 0 Å². The summed E-state index contributed by atoms with van der Waals surface area (Å²) in [5.74, 6) is 0.775. The van der Waals surface area contributed by atoms with Gasteiger partial charge in [0.15, 0.2) is 0 Å². The third kappa shape index (κ3) is 7.17. The fourth-order valence-corrected chi connectivity index (χ4v) is 6.10. The number of fused-ring (bicyclic) bond motifs is 1. The molecule has 9 heteroatoms. The number of thioether (sulfide) groups is 1. The largest absolute Gasteiger partial charge is 0.416 e. The Labute approximate surface area is 220 Å². The minimum Gasteiger partial charge on any atom is -0.355 e. The van der Waals surface area contributed by atoms with E-state index in [1.54, 1.807) is 12.1 Å². The summed E-state index contributed by atoms with van der Waals surface area (Å²) in [6, 6.07) is 12.0. The second-order valence-electron chi connectivity index (χ2n) is 10.00. The van der Waals surface area contributed by atoms with Crippen LogP contribution in [0, 0.1) is 11.8 Å². The van der Waals surface area contributed by atoms with Crippen molar-refractivity contribution in [3.8, 4) is 0 Å². The Morgan fingerprint density at radius 2 is 1.76 bits per heavy atom. The number of alkyl halides is 3. The molecule has 2 heterocycles. The van der Waals surface area contributed by atoms with Crippen molar-refractivity contribution in [3.05, 3.63) is 64.6 Å². The van der Waals surface area contributed by atoms with Gasteiger partial charge in [0.05, 0.1) is 16.2 Å². The lowest BCUT2D eigenvalue weighted by Crippen LogP contribution is -2.43. The number of piperidine rings is 1. The zero-order chi connectivity index (χ0) is 26.6. The van der Waals surface area contributed by atoms with Gasteiger partial charge < -0.3 is 10.2 Å². The first kappa shape index (κ1) is 27.3. The molecule has 0 radical (unpaired) electrons. The lowest BCUT2D eigenvalue weighted by molar-refractivity contribution is -0.137. The number of nitrogens with zero attached hydrogens (tertiary/aromatic N) is 2. The predicted molar refractivity (Wildman–Crippen MR) is 141 cm³/mol. The fraction of sp³-hybridized carbons (Fsp3) is 0.429. The van der Waals surface area contributed by atoms with Crippen LogP contribution in [0.15, 0.2) is 58.3 Å². The lowest BCUT2D eigenvalue weighted by Gasteiger charge is -2.35. The van der Waals surface area contributed by atoms with E-state index in [2.05, 4.69) is 24.1 Å². The molecule has 1 N–H and O–H groups in total. The molecule has 0 aliphatic carbocycles. The molecule has 2 aliphatic heterocycles. The van der Waals surface area contributed by atoms with Crippen LogP contribution >= 0.6 is 11.8 Å². The zero-order valence-corrected chi connectivity index (χ0v) is 21.9. The van der Waals surface area contributed by atoms with E-state index < -0.39 is 11.7 Å². The van der Waals surface area contributed by atoms with Crippen molar-refractivity contribution in [3.63, 3.8) is 0 Å². The highest BCUT2D eigenvalue weighted by atomic mass is 32.2. The number of hydrogen-bond acceptors (Lipinski definition) is 4. The summed E-state index contributed by atoms with van der Waals surface area (Å²) >= 11 is 1.25. The molecular weight excluding hydrogens is 499 g/mol. The molecule has 2 aliphatic rings. The van der Waals surface area contributed by atoms with Crippen molar-refractivity contribution >= 4 is 35.3 Å². The molecule has 2 amide bonds. The van der Waals surface area contributed by atoms with E-state index in [0.717, 1.165) is 43.1 Å². The Kier molecular flexibility index (Phi) is 8.64. The standard InChI is InChI=1S/C28H32F3N3O2S/c1-19-14-20(2)17-33(16-19)13-5-12-32-26(35)18-34-23-6-3-4-7-24(23)37-25(27(34)36)15-21-8-10-22(11-9-21)28(29,30)31/h3-4,6-11,15,19-20H,5,12-14,16-18H2,1-2H3,(H,32,35)/b25-15-. The second-order valence-corrected chi connectivity index (χ2v) is 11.1. The van der Waals surface area contributed by atoms with Crippen LogP contribution in [-0.2, 0) is 15.8 Å². The molecule has 2 aromatic carbocycles. The van der Waals surface area contributed by atoms with Gasteiger partial charge >= 0.3 is 6.18 Å². The normalized spacial score (nSPS) is 21.7. The van der Waals surface area contributed by atoms with Gasteiger partial charge in [0.1, 0.15) is 6.54 Å². The monoisotopic (exact) mass is 531 g/mol. The number of para-hydroxylation sites is 1.